The normalized spacial score (nSPS) is 14.5. The molecule has 0 saturated carbocycles. The molecule has 2 aliphatic heterocycles. The van der Waals surface area contributed by atoms with E-state index in [0.717, 1.165) is 11.8 Å². The lowest BCUT2D eigenvalue weighted by molar-refractivity contribution is -0.387. The molecule has 4 aromatic carbocycles. The number of rotatable bonds is 12. The number of amides is 4. The quantitative estimate of drug-likeness (QED) is 0.105. The highest BCUT2D eigenvalue weighted by Crippen LogP contribution is 2.48. The van der Waals surface area contributed by atoms with Crippen LogP contribution in [0.2, 0.25) is 0 Å². The van der Waals surface area contributed by atoms with E-state index in [0.29, 0.717) is 85.7 Å². The predicted octanol–water partition coefficient (Wildman–Crippen LogP) is 5.38. The highest BCUT2D eigenvalue weighted by molar-refractivity contribution is 7.99. The Bertz CT molecular complexity index is 2270. The lowest BCUT2D eigenvalue weighted by atomic mass is 9.95. The minimum atomic E-state index is -0.583. The smallest absolute Gasteiger partial charge is 0.291 e. The standard InChI is InChI=1S/C44H44N6O10S/c1-29(53)45-17-21-47(22-18-45)39(55)15-11-33-9-13-37(43(49(57)58)41(33)35-7-3-5-31(25-35)27-51)61-38-14-10-34(12-16-40(56)48-23-19-46(20-24-48)30(2)54)42(44(38)50(59)60)36-8-4-6-32(26-36)28-52/h3-16,25-26,51-52H,17-24,27-28H2,1-2H3/b15-11+,16-12+. The minimum absolute atomic E-state index is 0.0552. The van der Waals surface area contributed by atoms with Crippen LogP contribution in [0.25, 0.3) is 34.4 Å². The fraction of sp³-hybridized carbons (Fsp3) is 0.273. The van der Waals surface area contributed by atoms with Gasteiger partial charge in [-0.25, -0.2) is 0 Å². The van der Waals surface area contributed by atoms with Crippen molar-refractivity contribution in [2.45, 2.75) is 36.9 Å². The zero-order valence-corrected chi connectivity index (χ0v) is 34.4. The van der Waals surface area contributed by atoms with Gasteiger partial charge in [-0.15, -0.1) is 0 Å². The van der Waals surface area contributed by atoms with Crippen LogP contribution in [0, 0.1) is 20.2 Å². The van der Waals surface area contributed by atoms with E-state index in [-0.39, 0.29) is 69.1 Å². The van der Waals surface area contributed by atoms with Gasteiger partial charge in [-0.2, -0.15) is 0 Å². The molecule has 16 nitrogen and oxygen atoms in total. The Morgan fingerprint density at radius 2 is 0.951 bits per heavy atom. The summed E-state index contributed by atoms with van der Waals surface area (Å²) < 4.78 is 0. The number of benzene rings is 4. The zero-order valence-electron chi connectivity index (χ0n) is 33.6. The second-order valence-corrected chi connectivity index (χ2v) is 15.5. The van der Waals surface area contributed by atoms with Crippen molar-refractivity contribution in [3.8, 4) is 22.3 Å². The number of hydrogen-bond acceptors (Lipinski definition) is 11. The number of piperazine rings is 2. The number of carbonyl (C=O) groups is 4. The van der Waals surface area contributed by atoms with E-state index < -0.39 is 9.85 Å². The Kier molecular flexibility index (Phi) is 14.1. The monoisotopic (exact) mass is 848 g/mol. The van der Waals surface area contributed by atoms with Crippen molar-refractivity contribution >= 4 is 58.9 Å². The SMILES string of the molecule is CC(=O)N1CCN(C(=O)/C=C/c2ccc(Sc3ccc(/C=C/C(=O)N4CCN(C(C)=O)CC4)c(-c4cccc(CO)c4)c3[N+](=O)[O-])c([N+](=O)[O-])c2-c2cccc(CO)c2)CC1. The van der Waals surface area contributed by atoms with E-state index in [1.807, 2.05) is 0 Å². The lowest BCUT2D eigenvalue weighted by Crippen LogP contribution is -2.49. The third kappa shape index (κ3) is 10.2. The molecule has 2 heterocycles. The van der Waals surface area contributed by atoms with Gasteiger partial charge in [0.1, 0.15) is 0 Å². The Morgan fingerprint density at radius 3 is 1.28 bits per heavy atom. The number of aliphatic hydroxyl groups is 2. The van der Waals surface area contributed by atoms with E-state index in [2.05, 4.69) is 0 Å². The van der Waals surface area contributed by atoms with Crippen LogP contribution >= 0.6 is 11.8 Å². The molecule has 0 unspecified atom stereocenters. The van der Waals surface area contributed by atoms with E-state index in [9.17, 15) is 49.6 Å². The summed E-state index contributed by atoms with van der Waals surface area (Å²) in [7, 11) is 0. The van der Waals surface area contributed by atoms with Crippen LogP contribution in [0.15, 0.2) is 94.7 Å². The Labute approximate surface area is 355 Å². The van der Waals surface area contributed by atoms with Gasteiger partial charge in [0.15, 0.2) is 0 Å². The van der Waals surface area contributed by atoms with Crippen LogP contribution in [-0.2, 0) is 32.4 Å². The van der Waals surface area contributed by atoms with Crippen molar-refractivity contribution in [2.24, 2.45) is 0 Å². The summed E-state index contributed by atoms with van der Waals surface area (Å²) >= 11 is 0.807. The van der Waals surface area contributed by atoms with Crippen LogP contribution in [0.3, 0.4) is 0 Å². The average Bonchev–Trinajstić information content (AvgIpc) is 3.27. The predicted molar refractivity (Wildman–Crippen MR) is 229 cm³/mol. The van der Waals surface area contributed by atoms with Crippen LogP contribution in [0.1, 0.15) is 36.1 Å². The van der Waals surface area contributed by atoms with Crippen molar-refractivity contribution in [3.05, 3.63) is 127 Å². The van der Waals surface area contributed by atoms with Gasteiger partial charge in [0.05, 0.1) is 44.0 Å². The molecular formula is C44H44N6O10S. The molecule has 0 radical (unpaired) electrons. The molecule has 2 saturated heterocycles. The molecule has 0 aromatic heterocycles. The summed E-state index contributed by atoms with van der Waals surface area (Å²) in [6.45, 7) is 5.03. The first-order valence-electron chi connectivity index (χ1n) is 19.5. The summed E-state index contributed by atoms with van der Waals surface area (Å²) in [5.41, 5.74) is 1.78. The van der Waals surface area contributed by atoms with E-state index >= 15 is 0 Å². The van der Waals surface area contributed by atoms with Gasteiger partial charge < -0.3 is 29.8 Å². The third-order valence-electron chi connectivity index (χ3n) is 10.6. The highest BCUT2D eigenvalue weighted by Gasteiger charge is 2.30. The first-order chi connectivity index (χ1) is 29.3. The molecule has 4 aromatic rings. The van der Waals surface area contributed by atoms with E-state index in [4.69, 9.17) is 0 Å². The fourth-order valence-electron chi connectivity index (χ4n) is 7.37. The minimum Gasteiger partial charge on any atom is -0.392 e. The van der Waals surface area contributed by atoms with Crippen molar-refractivity contribution in [3.63, 3.8) is 0 Å². The van der Waals surface area contributed by atoms with Gasteiger partial charge in [0.2, 0.25) is 23.6 Å². The van der Waals surface area contributed by atoms with Crippen molar-refractivity contribution < 1.29 is 39.2 Å². The van der Waals surface area contributed by atoms with Crippen molar-refractivity contribution in [2.75, 3.05) is 52.4 Å². The largest absolute Gasteiger partial charge is 0.392 e. The number of nitro benzene ring substituents is 2. The summed E-state index contributed by atoms with van der Waals surface area (Å²) in [5.74, 6) is -0.867. The maximum Gasteiger partial charge on any atom is 0.291 e. The van der Waals surface area contributed by atoms with Gasteiger partial charge in [0, 0.05) is 78.4 Å². The van der Waals surface area contributed by atoms with Gasteiger partial charge in [-0.1, -0.05) is 60.3 Å². The van der Waals surface area contributed by atoms with Crippen LogP contribution in [0.5, 0.6) is 0 Å². The molecule has 2 aliphatic rings. The number of aliphatic hydroxyl groups excluding tert-OH is 2. The summed E-state index contributed by atoms with van der Waals surface area (Å²) in [4.78, 5) is 81.8. The first kappa shape index (κ1) is 43.9. The topological polar surface area (TPSA) is 208 Å². The molecule has 17 heteroatoms. The zero-order chi connectivity index (χ0) is 43.8. The van der Waals surface area contributed by atoms with Crippen LogP contribution < -0.4 is 0 Å². The third-order valence-corrected chi connectivity index (χ3v) is 11.7. The Balaban J connectivity index is 1.44. The molecular weight excluding hydrogens is 805 g/mol. The molecule has 2 N–H and O–H groups in total. The summed E-state index contributed by atoms with van der Waals surface area (Å²) in [6, 6.07) is 19.1. The summed E-state index contributed by atoms with van der Waals surface area (Å²) in [5, 5.41) is 46.2. The Hall–Kier alpha value is -6.69. The van der Waals surface area contributed by atoms with Gasteiger partial charge in [-0.3, -0.25) is 39.4 Å². The molecule has 0 aliphatic carbocycles. The maximum absolute atomic E-state index is 13.3. The fourth-order valence-corrected chi connectivity index (χ4v) is 8.43. The highest BCUT2D eigenvalue weighted by atomic mass is 32.2. The van der Waals surface area contributed by atoms with E-state index in [1.54, 1.807) is 80.3 Å². The molecule has 0 bridgehead atoms. The van der Waals surface area contributed by atoms with Gasteiger partial charge in [0.25, 0.3) is 11.4 Å². The molecule has 0 spiro atoms. The molecule has 61 heavy (non-hydrogen) atoms. The van der Waals surface area contributed by atoms with E-state index in [1.165, 1.54) is 50.3 Å². The lowest BCUT2D eigenvalue weighted by Gasteiger charge is -2.33. The average molecular weight is 849 g/mol. The molecule has 4 amide bonds. The van der Waals surface area contributed by atoms with Crippen molar-refractivity contribution in [1.82, 2.24) is 19.6 Å². The summed E-state index contributed by atoms with van der Waals surface area (Å²) in [6.07, 6.45) is 5.58. The first-order valence-corrected chi connectivity index (χ1v) is 20.3. The number of nitrogens with zero attached hydrogens (tertiary/aromatic N) is 6. The molecule has 6 rings (SSSR count). The van der Waals surface area contributed by atoms with Crippen molar-refractivity contribution in [1.29, 1.82) is 0 Å². The van der Waals surface area contributed by atoms with Crippen LogP contribution in [0.4, 0.5) is 11.4 Å². The second-order valence-electron chi connectivity index (χ2n) is 14.4. The van der Waals surface area contributed by atoms with Gasteiger partial charge in [-0.05, 0) is 69.8 Å². The number of hydrogen-bond donors (Lipinski definition) is 2. The molecule has 2 fully saturated rings. The van der Waals surface area contributed by atoms with Gasteiger partial charge >= 0.3 is 0 Å². The van der Waals surface area contributed by atoms with Crippen LogP contribution in [-0.4, -0.2) is 116 Å². The maximum atomic E-state index is 13.3. The Morgan fingerprint density at radius 1 is 0.590 bits per heavy atom. The molecule has 316 valence electrons. The number of nitro groups is 2. The molecule has 0 atom stereocenters. The number of carbonyl (C=O) groups excluding carboxylic acids is 4. The second kappa shape index (κ2) is 19.6.